The molecular weight excluding hydrogens is 177 g/mol. The number of hydrogen-bond donors (Lipinski definition) is 1. The fourth-order valence-electron chi connectivity index (χ4n) is 2.06. The molecule has 1 aliphatic rings. The number of benzene rings is 1. The molecule has 0 radical (unpaired) electrons. The van der Waals surface area contributed by atoms with E-state index in [9.17, 15) is 4.39 Å². The minimum atomic E-state index is -1.03. The van der Waals surface area contributed by atoms with Gasteiger partial charge < -0.3 is 5.32 Å². The molecule has 76 valence electrons. The fourth-order valence-corrected chi connectivity index (χ4v) is 2.06. The standard InChI is InChI=1S/C12H16FN/c1-14-9-10-5-2-3-6-11(10)12(13)7-4-8-12/h2-3,5-6,14H,4,7-9H2,1H3. The van der Waals surface area contributed by atoms with Gasteiger partial charge in [-0.3, -0.25) is 0 Å². The summed E-state index contributed by atoms with van der Waals surface area (Å²) in [5.41, 5.74) is 0.950. The zero-order chi connectivity index (χ0) is 10.0. The molecule has 2 heteroatoms. The predicted octanol–water partition coefficient (Wildman–Crippen LogP) is 2.75. The number of hydrogen-bond acceptors (Lipinski definition) is 1. The molecule has 2 rings (SSSR count). The summed E-state index contributed by atoms with van der Waals surface area (Å²) in [4.78, 5) is 0. The molecule has 1 aliphatic carbocycles. The summed E-state index contributed by atoms with van der Waals surface area (Å²) >= 11 is 0. The molecule has 0 aliphatic heterocycles. The smallest absolute Gasteiger partial charge is 0.136 e. The molecule has 0 bridgehead atoms. The lowest BCUT2D eigenvalue weighted by Crippen LogP contribution is -2.30. The molecule has 0 aromatic heterocycles. The van der Waals surface area contributed by atoms with E-state index in [1.54, 1.807) is 0 Å². The van der Waals surface area contributed by atoms with Crippen molar-refractivity contribution in [1.82, 2.24) is 5.32 Å². The quantitative estimate of drug-likeness (QED) is 0.778. The van der Waals surface area contributed by atoms with E-state index < -0.39 is 5.67 Å². The van der Waals surface area contributed by atoms with Gasteiger partial charge in [-0.25, -0.2) is 4.39 Å². The molecule has 1 N–H and O–H groups in total. The molecule has 0 unspecified atom stereocenters. The number of nitrogens with one attached hydrogen (secondary N) is 1. The van der Waals surface area contributed by atoms with Gasteiger partial charge >= 0.3 is 0 Å². The van der Waals surface area contributed by atoms with Crippen molar-refractivity contribution < 1.29 is 4.39 Å². The Kier molecular flexibility index (Phi) is 2.55. The number of rotatable bonds is 3. The van der Waals surface area contributed by atoms with Crippen molar-refractivity contribution in [1.29, 1.82) is 0 Å². The van der Waals surface area contributed by atoms with Crippen molar-refractivity contribution in [3.05, 3.63) is 35.4 Å². The Morgan fingerprint density at radius 3 is 2.64 bits per heavy atom. The zero-order valence-corrected chi connectivity index (χ0v) is 8.52. The van der Waals surface area contributed by atoms with Crippen molar-refractivity contribution in [2.24, 2.45) is 0 Å². The summed E-state index contributed by atoms with van der Waals surface area (Å²) in [6, 6.07) is 7.82. The average molecular weight is 193 g/mol. The van der Waals surface area contributed by atoms with Crippen LogP contribution >= 0.6 is 0 Å². The molecular formula is C12H16FN. The van der Waals surface area contributed by atoms with E-state index in [1.807, 2.05) is 31.3 Å². The fraction of sp³-hybridized carbons (Fsp3) is 0.500. The van der Waals surface area contributed by atoms with E-state index in [-0.39, 0.29) is 0 Å². The van der Waals surface area contributed by atoms with Gasteiger partial charge in [-0.1, -0.05) is 24.3 Å². The van der Waals surface area contributed by atoms with Crippen LogP contribution in [0, 0.1) is 0 Å². The summed E-state index contributed by atoms with van der Waals surface area (Å²) in [5.74, 6) is 0. The van der Waals surface area contributed by atoms with E-state index in [1.165, 1.54) is 0 Å². The van der Waals surface area contributed by atoms with E-state index in [0.717, 1.165) is 24.1 Å². The van der Waals surface area contributed by atoms with E-state index >= 15 is 0 Å². The molecule has 1 fully saturated rings. The van der Waals surface area contributed by atoms with Crippen LogP contribution in [0.5, 0.6) is 0 Å². The SMILES string of the molecule is CNCc1ccccc1C1(F)CCC1. The van der Waals surface area contributed by atoms with E-state index in [2.05, 4.69) is 5.32 Å². The van der Waals surface area contributed by atoms with Crippen LogP contribution in [0.4, 0.5) is 4.39 Å². The van der Waals surface area contributed by atoms with E-state index in [4.69, 9.17) is 0 Å². The third-order valence-corrected chi connectivity index (χ3v) is 3.01. The first-order valence-electron chi connectivity index (χ1n) is 5.18. The van der Waals surface area contributed by atoms with Gasteiger partial charge in [0, 0.05) is 6.54 Å². The van der Waals surface area contributed by atoms with E-state index in [0.29, 0.717) is 12.8 Å². The summed E-state index contributed by atoms with van der Waals surface area (Å²) in [6.45, 7) is 0.752. The van der Waals surface area contributed by atoms with Crippen LogP contribution in [0.3, 0.4) is 0 Å². The third-order valence-electron chi connectivity index (χ3n) is 3.01. The highest BCUT2D eigenvalue weighted by Crippen LogP contribution is 2.46. The Balaban J connectivity index is 2.31. The first kappa shape index (κ1) is 9.66. The first-order valence-corrected chi connectivity index (χ1v) is 5.18. The molecule has 0 atom stereocenters. The lowest BCUT2D eigenvalue weighted by Gasteiger charge is -2.35. The minimum absolute atomic E-state index is 0.688. The molecule has 14 heavy (non-hydrogen) atoms. The Hall–Kier alpha value is -0.890. The maximum absolute atomic E-state index is 14.2. The van der Waals surface area contributed by atoms with Gasteiger partial charge in [-0.05, 0) is 37.4 Å². The van der Waals surface area contributed by atoms with Gasteiger partial charge in [0.1, 0.15) is 5.67 Å². The lowest BCUT2D eigenvalue weighted by molar-refractivity contribution is 0.0598. The van der Waals surface area contributed by atoms with Gasteiger partial charge in [0.05, 0.1) is 0 Å². The number of halogens is 1. The summed E-state index contributed by atoms with van der Waals surface area (Å²) in [5, 5.41) is 3.08. The van der Waals surface area contributed by atoms with Crippen LogP contribution in [0.2, 0.25) is 0 Å². The normalized spacial score (nSPS) is 19.0. The molecule has 0 spiro atoms. The van der Waals surface area contributed by atoms with Crippen LogP contribution in [0.25, 0.3) is 0 Å². The second-order valence-corrected chi connectivity index (χ2v) is 4.01. The van der Waals surface area contributed by atoms with Crippen LogP contribution < -0.4 is 5.32 Å². The van der Waals surface area contributed by atoms with Gasteiger partial charge in [0.15, 0.2) is 0 Å². The zero-order valence-electron chi connectivity index (χ0n) is 8.52. The molecule has 1 aromatic carbocycles. The van der Waals surface area contributed by atoms with Crippen LogP contribution in [0.1, 0.15) is 30.4 Å². The van der Waals surface area contributed by atoms with Crippen molar-refractivity contribution in [3.8, 4) is 0 Å². The lowest BCUT2D eigenvalue weighted by atomic mass is 9.75. The second-order valence-electron chi connectivity index (χ2n) is 4.01. The van der Waals surface area contributed by atoms with Crippen molar-refractivity contribution >= 4 is 0 Å². The number of alkyl halides is 1. The highest BCUT2D eigenvalue weighted by atomic mass is 19.1. The molecule has 0 saturated heterocycles. The Labute approximate surface area is 84.3 Å². The van der Waals surface area contributed by atoms with Gasteiger partial charge in [-0.15, -0.1) is 0 Å². The van der Waals surface area contributed by atoms with Gasteiger partial charge in [-0.2, -0.15) is 0 Å². The minimum Gasteiger partial charge on any atom is -0.316 e. The maximum Gasteiger partial charge on any atom is 0.136 e. The Bertz CT molecular complexity index is 318. The molecule has 1 saturated carbocycles. The average Bonchev–Trinajstić information content (AvgIpc) is 2.16. The highest BCUT2D eigenvalue weighted by molar-refractivity contribution is 5.33. The predicted molar refractivity (Wildman–Crippen MR) is 55.8 cm³/mol. The summed E-state index contributed by atoms with van der Waals surface area (Å²) < 4.78 is 14.2. The van der Waals surface area contributed by atoms with Crippen LogP contribution in [-0.4, -0.2) is 7.05 Å². The molecule has 0 heterocycles. The monoisotopic (exact) mass is 193 g/mol. The van der Waals surface area contributed by atoms with Gasteiger partial charge in [0.2, 0.25) is 0 Å². The second kappa shape index (κ2) is 3.70. The summed E-state index contributed by atoms with van der Waals surface area (Å²) in [6.07, 6.45) is 2.39. The maximum atomic E-state index is 14.2. The topological polar surface area (TPSA) is 12.0 Å². The summed E-state index contributed by atoms with van der Waals surface area (Å²) in [7, 11) is 1.89. The third kappa shape index (κ3) is 1.55. The van der Waals surface area contributed by atoms with Crippen molar-refractivity contribution in [2.45, 2.75) is 31.5 Å². The van der Waals surface area contributed by atoms with Crippen molar-refractivity contribution in [3.63, 3.8) is 0 Å². The molecule has 1 nitrogen and oxygen atoms in total. The Morgan fingerprint density at radius 2 is 2.07 bits per heavy atom. The van der Waals surface area contributed by atoms with Gasteiger partial charge in [0.25, 0.3) is 0 Å². The Morgan fingerprint density at radius 1 is 1.36 bits per heavy atom. The highest BCUT2D eigenvalue weighted by Gasteiger charge is 2.39. The molecule has 0 amide bonds. The largest absolute Gasteiger partial charge is 0.316 e. The van der Waals surface area contributed by atoms with Crippen molar-refractivity contribution in [2.75, 3.05) is 7.05 Å². The molecule has 1 aromatic rings. The van der Waals surface area contributed by atoms with Crippen LogP contribution in [-0.2, 0) is 12.2 Å². The van der Waals surface area contributed by atoms with Crippen LogP contribution in [0.15, 0.2) is 24.3 Å². The first-order chi connectivity index (χ1) is 6.76.